The summed E-state index contributed by atoms with van der Waals surface area (Å²) in [6, 6.07) is 10.8. The van der Waals surface area contributed by atoms with Crippen LogP contribution < -0.4 is 10.3 Å². The number of aromatic nitrogens is 3. The second kappa shape index (κ2) is 7.35. The Morgan fingerprint density at radius 2 is 2.03 bits per heavy atom. The van der Waals surface area contributed by atoms with Crippen molar-refractivity contribution in [2.75, 3.05) is 7.11 Å². The summed E-state index contributed by atoms with van der Waals surface area (Å²) in [5, 5.41) is 4.75. The lowest BCUT2D eigenvalue weighted by molar-refractivity contribution is 0.112. The van der Waals surface area contributed by atoms with Gasteiger partial charge in [-0.25, -0.2) is 0 Å². The Balaban J connectivity index is 2.02. The smallest absolute Gasteiger partial charge is 0.261 e. The molecule has 3 aromatic heterocycles. The number of methoxy groups -OCH3 is 1. The zero-order valence-electron chi connectivity index (χ0n) is 16.3. The van der Waals surface area contributed by atoms with Gasteiger partial charge in [0.15, 0.2) is 6.29 Å². The Kier molecular flexibility index (Phi) is 4.72. The van der Waals surface area contributed by atoms with Crippen LogP contribution in [0.3, 0.4) is 0 Å². The van der Waals surface area contributed by atoms with Crippen molar-refractivity contribution in [3.05, 3.63) is 75.7 Å². The van der Waals surface area contributed by atoms with Gasteiger partial charge in [0.2, 0.25) is 0 Å². The molecule has 7 heteroatoms. The molecule has 146 valence electrons. The SMILES string of the molecule is COc1cc2c(cc1-c1c(C)noc1C)cc(C=O)c(=O)n2Cc1ccccn1. The molecule has 0 saturated carbocycles. The van der Waals surface area contributed by atoms with Crippen molar-refractivity contribution in [3.63, 3.8) is 0 Å². The first-order valence-corrected chi connectivity index (χ1v) is 9.07. The molecule has 0 amide bonds. The second-order valence-corrected chi connectivity index (χ2v) is 6.74. The number of benzene rings is 1. The van der Waals surface area contributed by atoms with Crippen molar-refractivity contribution < 1.29 is 14.1 Å². The third kappa shape index (κ3) is 3.20. The maximum atomic E-state index is 12.9. The molecule has 3 heterocycles. The van der Waals surface area contributed by atoms with Gasteiger partial charge in [-0.1, -0.05) is 11.2 Å². The fourth-order valence-corrected chi connectivity index (χ4v) is 3.56. The third-order valence-corrected chi connectivity index (χ3v) is 4.92. The van der Waals surface area contributed by atoms with Crippen molar-refractivity contribution in [3.8, 4) is 16.9 Å². The molecule has 0 bridgehead atoms. The fourth-order valence-electron chi connectivity index (χ4n) is 3.56. The number of carbonyl (C=O) groups is 1. The van der Waals surface area contributed by atoms with E-state index in [4.69, 9.17) is 9.26 Å². The summed E-state index contributed by atoms with van der Waals surface area (Å²) in [7, 11) is 1.57. The first-order valence-electron chi connectivity index (χ1n) is 9.07. The predicted molar refractivity (Wildman–Crippen MR) is 108 cm³/mol. The lowest BCUT2D eigenvalue weighted by Crippen LogP contribution is -2.25. The van der Waals surface area contributed by atoms with Crippen LogP contribution in [0.2, 0.25) is 0 Å². The number of aryl methyl sites for hydroxylation is 2. The minimum Gasteiger partial charge on any atom is -0.496 e. The summed E-state index contributed by atoms with van der Waals surface area (Å²) in [4.78, 5) is 28.7. The van der Waals surface area contributed by atoms with Gasteiger partial charge in [-0.15, -0.1) is 0 Å². The quantitative estimate of drug-likeness (QED) is 0.485. The van der Waals surface area contributed by atoms with Crippen LogP contribution in [-0.4, -0.2) is 28.1 Å². The molecule has 0 aliphatic rings. The van der Waals surface area contributed by atoms with E-state index in [1.807, 2.05) is 38.1 Å². The van der Waals surface area contributed by atoms with E-state index in [0.29, 0.717) is 29.0 Å². The summed E-state index contributed by atoms with van der Waals surface area (Å²) < 4.78 is 12.5. The first kappa shape index (κ1) is 18.6. The van der Waals surface area contributed by atoms with Crippen molar-refractivity contribution in [1.29, 1.82) is 0 Å². The van der Waals surface area contributed by atoms with Crippen LogP contribution >= 0.6 is 0 Å². The molecule has 0 fully saturated rings. The average molecular weight is 389 g/mol. The molecule has 7 nitrogen and oxygen atoms in total. The van der Waals surface area contributed by atoms with E-state index in [-0.39, 0.29) is 17.7 Å². The molecule has 29 heavy (non-hydrogen) atoms. The van der Waals surface area contributed by atoms with E-state index < -0.39 is 0 Å². The van der Waals surface area contributed by atoms with Crippen molar-refractivity contribution in [1.82, 2.24) is 14.7 Å². The maximum absolute atomic E-state index is 12.9. The Labute approximate surface area is 166 Å². The highest BCUT2D eigenvalue weighted by atomic mass is 16.5. The number of fused-ring (bicyclic) bond motifs is 1. The van der Waals surface area contributed by atoms with E-state index in [9.17, 15) is 9.59 Å². The zero-order valence-corrected chi connectivity index (χ0v) is 16.3. The van der Waals surface area contributed by atoms with Gasteiger partial charge in [0.25, 0.3) is 5.56 Å². The Morgan fingerprint density at radius 1 is 1.21 bits per heavy atom. The number of hydrogen-bond donors (Lipinski definition) is 0. The fraction of sp³-hybridized carbons (Fsp3) is 0.182. The first-order chi connectivity index (χ1) is 14.0. The van der Waals surface area contributed by atoms with Gasteiger partial charge in [-0.2, -0.15) is 0 Å². The minimum absolute atomic E-state index is 0.0864. The zero-order chi connectivity index (χ0) is 20.5. The molecule has 0 aliphatic carbocycles. The van der Waals surface area contributed by atoms with Crippen LogP contribution in [0.25, 0.3) is 22.0 Å². The van der Waals surface area contributed by atoms with Crippen molar-refractivity contribution in [2.24, 2.45) is 0 Å². The highest BCUT2D eigenvalue weighted by Gasteiger charge is 2.19. The molecule has 4 aromatic rings. The molecule has 0 unspecified atom stereocenters. The molecule has 0 aliphatic heterocycles. The van der Waals surface area contributed by atoms with E-state index >= 15 is 0 Å². The van der Waals surface area contributed by atoms with Gasteiger partial charge in [0.1, 0.15) is 11.5 Å². The molecule has 0 spiro atoms. The Bertz CT molecular complexity index is 1250. The Morgan fingerprint density at radius 3 is 2.66 bits per heavy atom. The largest absolute Gasteiger partial charge is 0.496 e. The van der Waals surface area contributed by atoms with Gasteiger partial charge in [-0.3, -0.25) is 14.6 Å². The number of rotatable bonds is 5. The van der Waals surface area contributed by atoms with Crippen LogP contribution in [-0.2, 0) is 6.54 Å². The van der Waals surface area contributed by atoms with Crippen LogP contribution in [0.1, 0.15) is 27.5 Å². The van der Waals surface area contributed by atoms with E-state index in [1.165, 1.54) is 0 Å². The van der Waals surface area contributed by atoms with Gasteiger partial charge in [-0.05, 0) is 38.1 Å². The normalized spacial score (nSPS) is 11.0. The topological polar surface area (TPSA) is 87.2 Å². The van der Waals surface area contributed by atoms with Crippen molar-refractivity contribution in [2.45, 2.75) is 20.4 Å². The van der Waals surface area contributed by atoms with Gasteiger partial charge < -0.3 is 13.8 Å². The van der Waals surface area contributed by atoms with Crippen LogP contribution in [0.15, 0.2) is 51.9 Å². The number of carbonyl (C=O) groups excluding carboxylic acids is 1. The van der Waals surface area contributed by atoms with Crippen LogP contribution in [0, 0.1) is 13.8 Å². The monoisotopic (exact) mass is 389 g/mol. The molecular formula is C22H19N3O4. The average Bonchev–Trinajstić information content (AvgIpc) is 3.07. The van der Waals surface area contributed by atoms with Crippen molar-refractivity contribution >= 4 is 17.2 Å². The van der Waals surface area contributed by atoms with Gasteiger partial charge in [0.05, 0.1) is 41.7 Å². The summed E-state index contributed by atoms with van der Waals surface area (Å²) in [6.45, 7) is 3.93. The lowest BCUT2D eigenvalue weighted by Gasteiger charge is -2.15. The molecule has 0 atom stereocenters. The molecule has 0 saturated heterocycles. The van der Waals surface area contributed by atoms with Crippen LogP contribution in [0.4, 0.5) is 0 Å². The molecule has 0 N–H and O–H groups in total. The number of ether oxygens (including phenoxy) is 1. The second-order valence-electron chi connectivity index (χ2n) is 6.74. The summed E-state index contributed by atoms with van der Waals surface area (Å²) in [5.41, 5.74) is 3.44. The Hall–Kier alpha value is -3.74. The molecule has 4 rings (SSSR count). The number of aldehydes is 1. The lowest BCUT2D eigenvalue weighted by atomic mass is 9.99. The third-order valence-electron chi connectivity index (χ3n) is 4.92. The highest BCUT2D eigenvalue weighted by Crippen LogP contribution is 2.37. The summed E-state index contributed by atoms with van der Waals surface area (Å²) >= 11 is 0. The maximum Gasteiger partial charge on any atom is 0.261 e. The predicted octanol–water partition coefficient (Wildman–Crippen LogP) is 3.54. The minimum atomic E-state index is -0.370. The highest BCUT2D eigenvalue weighted by molar-refractivity contribution is 5.92. The van der Waals surface area contributed by atoms with Crippen LogP contribution in [0.5, 0.6) is 5.75 Å². The van der Waals surface area contributed by atoms with E-state index in [1.54, 1.807) is 30.0 Å². The number of hydrogen-bond acceptors (Lipinski definition) is 6. The van der Waals surface area contributed by atoms with Gasteiger partial charge in [0, 0.05) is 23.2 Å². The van der Waals surface area contributed by atoms with E-state index in [2.05, 4.69) is 10.1 Å². The standard InChI is InChI=1S/C22H19N3O4/c1-13-21(14(2)29-24-13)18-9-15-8-16(12-26)22(27)25(19(15)10-20(18)28-3)11-17-6-4-5-7-23-17/h4-10,12H,11H2,1-3H3. The molecule has 1 aromatic carbocycles. The molecular weight excluding hydrogens is 370 g/mol. The number of nitrogens with zero attached hydrogens (tertiary/aromatic N) is 3. The van der Waals surface area contributed by atoms with Gasteiger partial charge >= 0.3 is 0 Å². The summed E-state index contributed by atoms with van der Waals surface area (Å²) in [6.07, 6.45) is 2.25. The number of pyridine rings is 2. The van der Waals surface area contributed by atoms with E-state index in [0.717, 1.165) is 22.2 Å². The summed E-state index contributed by atoms with van der Waals surface area (Å²) in [5.74, 6) is 1.25. The molecule has 0 radical (unpaired) electrons.